The molecule has 5 nitrogen and oxygen atoms in total. The van der Waals surface area contributed by atoms with E-state index in [9.17, 15) is 0 Å². The fourth-order valence-electron chi connectivity index (χ4n) is 3.92. The number of alkyl halides is 1. The maximum absolute atomic E-state index is 6.05. The molecule has 3 heterocycles. The summed E-state index contributed by atoms with van der Waals surface area (Å²) in [5.74, 6) is 0.762. The van der Waals surface area contributed by atoms with Gasteiger partial charge in [0, 0.05) is 12.4 Å². The van der Waals surface area contributed by atoms with E-state index in [1.807, 2.05) is 24.4 Å². The van der Waals surface area contributed by atoms with E-state index in [0.29, 0.717) is 6.54 Å². The van der Waals surface area contributed by atoms with Crippen LogP contribution in [0, 0.1) is 0 Å². The van der Waals surface area contributed by atoms with Crippen LogP contribution in [0.4, 0.5) is 0 Å². The molecular weight excluding hydrogens is 748 g/mol. The molecule has 0 bridgehead atoms. The molecule has 0 atom stereocenters. The molecule has 2 N–H and O–H groups in total. The average Bonchev–Trinajstić information content (AvgIpc) is 3.32. The monoisotopic (exact) mass is 774 g/mol. The molecule has 0 aliphatic heterocycles. The average molecular weight is 774 g/mol. The van der Waals surface area contributed by atoms with Gasteiger partial charge in [0.15, 0.2) is 0 Å². The number of thiocarbonyl (C=S) groups is 1. The molecular formula is C26H26IN4OSTl. The first-order valence-corrected chi connectivity index (χ1v) is 16.4. The zero-order valence-electron chi connectivity index (χ0n) is 18.9. The summed E-state index contributed by atoms with van der Waals surface area (Å²) in [5.41, 5.74) is 11.7. The summed E-state index contributed by atoms with van der Waals surface area (Å²) in [6, 6.07) is 14.4. The van der Waals surface area contributed by atoms with Crippen LogP contribution in [0.1, 0.15) is 24.2 Å². The van der Waals surface area contributed by atoms with Crippen molar-refractivity contribution in [1.82, 2.24) is 14.9 Å². The Morgan fingerprint density at radius 1 is 1.06 bits per heavy atom. The van der Waals surface area contributed by atoms with Gasteiger partial charge in [-0.1, -0.05) is 0 Å². The number of fused-ring (bicyclic) bond motifs is 1. The molecule has 0 aliphatic rings. The van der Waals surface area contributed by atoms with E-state index < -0.39 is 0 Å². The Morgan fingerprint density at radius 3 is 2.53 bits per heavy atom. The van der Waals surface area contributed by atoms with Gasteiger partial charge in [-0.05, 0) is 23.8 Å². The first kappa shape index (κ1) is 25.6. The molecule has 0 amide bonds. The smallest absolute Gasteiger partial charge is 0.459 e. The predicted octanol–water partition coefficient (Wildman–Crippen LogP) is 5.80. The topological polar surface area (TPSA) is 68.2 Å². The summed E-state index contributed by atoms with van der Waals surface area (Å²) in [6.45, 7) is 2.40. The van der Waals surface area contributed by atoms with E-state index in [2.05, 4.69) is 56.7 Å². The number of benzene rings is 1. The van der Waals surface area contributed by atoms with Crippen molar-refractivity contribution in [3.05, 3.63) is 72.4 Å². The molecule has 0 aliphatic carbocycles. The molecule has 0 unspecified atom stereocenters. The van der Waals surface area contributed by atoms with Crippen molar-refractivity contribution in [2.45, 2.75) is 23.4 Å². The van der Waals surface area contributed by atoms with E-state index in [-0.39, 0.29) is 0 Å². The summed E-state index contributed by atoms with van der Waals surface area (Å²) < 4.78 is 8.51. The minimum absolute atomic E-state index is 0.360. The fourth-order valence-corrected chi connectivity index (χ4v) is 5.28. The third kappa shape index (κ3) is 6.03. The van der Waals surface area contributed by atoms with E-state index >= 15 is 0 Å². The molecule has 3 aromatic heterocycles. The normalized spacial score (nSPS) is 11.1. The minimum Gasteiger partial charge on any atom is -0.459 e. The Morgan fingerprint density at radius 2 is 1.85 bits per heavy atom. The number of nitrogens with two attached hydrogens (primary N) is 1. The van der Waals surface area contributed by atoms with E-state index in [1.54, 1.807) is 12.4 Å². The van der Waals surface area contributed by atoms with Crippen molar-refractivity contribution in [1.29, 1.82) is 0 Å². The van der Waals surface area contributed by atoms with Gasteiger partial charge >= 0.3 is 168 Å². The van der Waals surface area contributed by atoms with Crippen molar-refractivity contribution in [2.24, 2.45) is 5.73 Å². The van der Waals surface area contributed by atoms with Gasteiger partial charge < -0.3 is 10.2 Å². The molecule has 0 saturated heterocycles. The van der Waals surface area contributed by atoms with E-state index in [0.717, 1.165) is 99.4 Å². The number of rotatable bonds is 10. The van der Waals surface area contributed by atoms with Gasteiger partial charge in [-0.15, -0.1) is 0 Å². The second-order valence-electron chi connectivity index (χ2n) is 8.00. The maximum atomic E-state index is 6.05. The van der Waals surface area contributed by atoms with Crippen LogP contribution in [-0.2, 0) is 6.54 Å². The van der Waals surface area contributed by atoms with Gasteiger partial charge in [0.05, 0.1) is 6.54 Å². The number of halogens is 1. The third-order valence-corrected chi connectivity index (χ3v) is 8.49. The summed E-state index contributed by atoms with van der Waals surface area (Å²) in [7, 11) is 0. The fraction of sp³-hybridized carbons (Fsp3) is 0.269. The van der Waals surface area contributed by atoms with Crippen LogP contribution < -0.4 is 5.73 Å². The second kappa shape index (κ2) is 12.5. The van der Waals surface area contributed by atoms with Gasteiger partial charge in [-0.2, -0.15) is 0 Å². The predicted molar refractivity (Wildman–Crippen MR) is 153 cm³/mol. The zero-order valence-corrected chi connectivity index (χ0v) is 26.4. The van der Waals surface area contributed by atoms with Crippen molar-refractivity contribution >= 4 is 76.5 Å². The van der Waals surface area contributed by atoms with E-state index in [4.69, 9.17) is 27.4 Å². The molecule has 34 heavy (non-hydrogen) atoms. The molecule has 1 aromatic carbocycles. The van der Waals surface area contributed by atoms with Crippen molar-refractivity contribution in [2.75, 3.05) is 17.5 Å². The van der Waals surface area contributed by atoms with Crippen LogP contribution in [0.2, 0.25) is 3.98 Å². The molecule has 0 spiro atoms. The first-order chi connectivity index (χ1) is 16.6. The van der Waals surface area contributed by atoms with Gasteiger partial charge in [0.1, 0.15) is 11.3 Å². The second-order valence-corrected chi connectivity index (χ2v) is 11.7. The SMILES string of the molecule is NCc1cc2cc(-c3ccc(C(=S)N(CCCI)CC[CH2][Tl])cn3)cc(-c3ccncc3)c2o1. The van der Waals surface area contributed by atoms with Crippen molar-refractivity contribution < 1.29 is 4.42 Å². The number of aromatic nitrogens is 2. The van der Waals surface area contributed by atoms with E-state index in [1.165, 1.54) is 10.4 Å². The van der Waals surface area contributed by atoms with Crippen LogP contribution in [0.5, 0.6) is 0 Å². The number of hydrogen-bond donors (Lipinski definition) is 1. The van der Waals surface area contributed by atoms with Gasteiger partial charge in [0.2, 0.25) is 0 Å². The van der Waals surface area contributed by atoms with Crippen LogP contribution in [0.15, 0.2) is 65.5 Å². The summed E-state index contributed by atoms with van der Waals surface area (Å²) in [4.78, 5) is 12.2. The Hall–Kier alpha value is -1.44. The van der Waals surface area contributed by atoms with Gasteiger partial charge in [-0.3, -0.25) is 4.98 Å². The first-order valence-electron chi connectivity index (χ1n) is 11.3. The molecule has 8 heteroatoms. The number of furan rings is 1. The Kier molecular flexibility index (Phi) is 9.43. The van der Waals surface area contributed by atoms with Crippen LogP contribution in [-0.4, -0.2) is 63.1 Å². The van der Waals surface area contributed by atoms with Crippen LogP contribution >= 0.6 is 34.8 Å². The molecule has 0 fully saturated rings. The third-order valence-electron chi connectivity index (χ3n) is 5.65. The van der Waals surface area contributed by atoms with Crippen molar-refractivity contribution in [3.8, 4) is 22.4 Å². The number of nitrogens with zero attached hydrogens (tertiary/aromatic N) is 3. The molecule has 172 valence electrons. The number of pyridine rings is 2. The van der Waals surface area contributed by atoms with Crippen LogP contribution in [0.3, 0.4) is 0 Å². The summed E-state index contributed by atoms with van der Waals surface area (Å²) in [5, 5.41) is 1.01. The molecule has 4 aromatic rings. The van der Waals surface area contributed by atoms with Gasteiger partial charge in [0.25, 0.3) is 0 Å². The zero-order chi connectivity index (χ0) is 23.9. The quantitative estimate of drug-likeness (QED) is 0.0953. The van der Waals surface area contributed by atoms with Crippen molar-refractivity contribution in [3.63, 3.8) is 0 Å². The Balaban J connectivity index is 1.67. The minimum atomic E-state index is 0.360. The molecule has 0 saturated carbocycles. The molecule has 4 rings (SSSR count). The molecule has 0 radical (unpaired) electrons. The van der Waals surface area contributed by atoms with Crippen LogP contribution in [0.25, 0.3) is 33.4 Å². The summed E-state index contributed by atoms with van der Waals surface area (Å²) >= 11 is 9.33. The standard InChI is InChI=1S/C26H26IN4OS.Tl/c1-2-11-31(12-3-8-27)26(33)19-4-5-24(30-17-19)20-13-21-14-22(16-28)32-25(21)23(15-20)18-6-9-29-10-7-18;/h4-7,9-10,13-15,17H,1-3,8,11-12,16,28H2;. The Bertz CT molecular complexity index is 1240. The number of hydrogen-bond acceptors (Lipinski definition) is 5. The summed E-state index contributed by atoms with van der Waals surface area (Å²) in [6.07, 6.45) is 7.85. The van der Waals surface area contributed by atoms with Gasteiger partial charge in [-0.25, -0.2) is 0 Å². The Labute approximate surface area is 235 Å².